The highest BCUT2D eigenvalue weighted by molar-refractivity contribution is 7.27. The van der Waals surface area contributed by atoms with Gasteiger partial charge in [-0.2, -0.15) is 0 Å². The summed E-state index contributed by atoms with van der Waals surface area (Å²) in [5.74, 6) is 2.40. The molecule has 0 N–H and O–H groups in total. The second-order valence-corrected chi connectivity index (χ2v) is 31.9. The molecule has 0 fully saturated rings. The molecule has 24 aromatic rings. The third kappa shape index (κ3) is 12.5. The maximum absolute atomic E-state index is 5.32. The van der Waals surface area contributed by atoms with Gasteiger partial charge in [0.05, 0.1) is 45.0 Å². The highest BCUT2D eigenvalue weighted by Crippen LogP contribution is 2.47. The maximum atomic E-state index is 5.32. The average Bonchev–Trinajstić information content (AvgIpc) is 1.71. The average molecular weight is 1550 g/mol. The van der Waals surface area contributed by atoms with Gasteiger partial charge in [0, 0.05) is 145 Å². The van der Waals surface area contributed by atoms with E-state index >= 15 is 0 Å². The lowest BCUT2D eigenvalue weighted by atomic mass is 9.97. The lowest BCUT2D eigenvalue weighted by molar-refractivity contribution is 1.07. The van der Waals surface area contributed by atoms with Gasteiger partial charge in [-0.1, -0.05) is 249 Å². The molecule has 546 valence electrons. The number of benzene rings is 13. The van der Waals surface area contributed by atoms with Crippen LogP contribution in [0.3, 0.4) is 0 Å². The van der Waals surface area contributed by atoms with Crippen molar-refractivity contribution in [3.63, 3.8) is 0 Å². The highest BCUT2D eigenvalue weighted by atomic mass is 32.1. The van der Waals surface area contributed by atoms with E-state index in [1.807, 2.05) is 143 Å². The van der Waals surface area contributed by atoms with E-state index in [-0.39, 0.29) is 0 Å². The number of nitrogens with zero attached hydrogens (tertiary/aromatic N) is 11. The Labute approximate surface area is 682 Å². The minimum absolute atomic E-state index is 0.566. The van der Waals surface area contributed by atoms with Gasteiger partial charge in [-0.25, -0.2) is 44.9 Å². The fourth-order valence-electron chi connectivity index (χ4n) is 16.3. The molecule has 0 unspecified atom stereocenters. The van der Waals surface area contributed by atoms with Crippen LogP contribution in [0, 0.1) is 0 Å². The first kappa shape index (κ1) is 68.8. The summed E-state index contributed by atoms with van der Waals surface area (Å²) in [6.07, 6.45) is 7.18. The molecule has 0 saturated carbocycles. The highest BCUT2D eigenvalue weighted by Gasteiger charge is 2.24. The minimum atomic E-state index is 0.566. The summed E-state index contributed by atoms with van der Waals surface area (Å²) in [5, 5.41) is 17.8. The van der Waals surface area contributed by atoms with Crippen LogP contribution in [-0.4, -0.2) is 54.8 Å². The molecule has 11 aromatic heterocycles. The predicted molar refractivity (Wildman–Crippen MR) is 488 cm³/mol. The normalized spacial score (nSPS) is 11.6. The first-order valence-corrected chi connectivity index (χ1v) is 41.0. The van der Waals surface area contributed by atoms with Crippen molar-refractivity contribution in [2.24, 2.45) is 0 Å². The van der Waals surface area contributed by atoms with E-state index in [9.17, 15) is 0 Å². The van der Waals surface area contributed by atoms with E-state index in [1.165, 1.54) is 82.1 Å². The van der Waals surface area contributed by atoms with Crippen LogP contribution in [0.25, 0.3) is 228 Å². The fourth-order valence-corrected chi connectivity index (χ4v) is 19.7. The molecule has 0 aliphatic carbocycles. The number of fused-ring (bicyclic) bond motifs is 21. The van der Waals surface area contributed by atoms with Gasteiger partial charge in [0.1, 0.15) is 11.4 Å². The van der Waals surface area contributed by atoms with Gasteiger partial charge in [-0.15, -0.1) is 34.0 Å². The Morgan fingerprint density at radius 3 is 0.897 bits per heavy atom. The number of aromatic nitrogens is 11. The Morgan fingerprint density at radius 1 is 0.171 bits per heavy atom. The van der Waals surface area contributed by atoms with Crippen molar-refractivity contribution in [1.82, 2.24) is 54.8 Å². The van der Waals surface area contributed by atoms with Crippen molar-refractivity contribution >= 4 is 160 Å². The summed E-state index contributed by atoms with van der Waals surface area (Å²) >= 11 is 5.49. The number of hydrogen-bond donors (Lipinski definition) is 0. The first-order valence-electron chi connectivity index (χ1n) is 38.6. The van der Waals surface area contributed by atoms with Crippen LogP contribution in [0.15, 0.2) is 371 Å². The monoisotopic (exact) mass is 1550 g/mol. The fraction of sp³-hybridized carbons (Fsp3) is 0. The third-order valence-electron chi connectivity index (χ3n) is 21.6. The van der Waals surface area contributed by atoms with E-state index in [1.54, 1.807) is 12.4 Å². The van der Waals surface area contributed by atoms with Crippen molar-refractivity contribution in [3.8, 4) is 102 Å². The first-order chi connectivity index (χ1) is 58.0. The van der Waals surface area contributed by atoms with Gasteiger partial charge in [0.2, 0.25) is 0 Å². The lowest BCUT2D eigenvalue weighted by Crippen LogP contribution is -2.02. The zero-order chi connectivity index (χ0) is 77.3. The Kier molecular flexibility index (Phi) is 17.2. The van der Waals surface area contributed by atoms with Gasteiger partial charge in [0.25, 0.3) is 0 Å². The number of thiophene rings is 3. The maximum Gasteiger partial charge on any atom is 0.183 e. The van der Waals surface area contributed by atoms with E-state index in [4.69, 9.17) is 44.9 Å². The predicted octanol–water partition coefficient (Wildman–Crippen LogP) is 27.4. The molecule has 0 spiro atoms. The van der Waals surface area contributed by atoms with Crippen LogP contribution in [0.4, 0.5) is 0 Å². The molecule has 0 atom stereocenters. The molecule has 0 amide bonds. The molecule has 0 aliphatic rings. The van der Waals surface area contributed by atoms with Crippen molar-refractivity contribution in [1.29, 1.82) is 0 Å². The lowest BCUT2D eigenvalue weighted by Gasteiger charge is -2.14. The van der Waals surface area contributed by atoms with Crippen LogP contribution < -0.4 is 0 Å². The summed E-state index contributed by atoms with van der Waals surface area (Å²) in [6, 6.07) is 120. The van der Waals surface area contributed by atoms with Crippen LogP contribution in [-0.2, 0) is 0 Å². The minimum Gasteiger partial charge on any atom is -0.264 e. The molecule has 0 bridgehead atoms. The van der Waals surface area contributed by atoms with E-state index in [0.29, 0.717) is 23.3 Å². The topological polar surface area (TPSA) is 142 Å². The molecule has 11 heterocycles. The van der Waals surface area contributed by atoms with Crippen molar-refractivity contribution in [2.45, 2.75) is 0 Å². The molecule has 24 rings (SSSR count). The summed E-state index contributed by atoms with van der Waals surface area (Å²) in [4.78, 5) is 54.5. The number of rotatable bonds is 9. The Balaban J connectivity index is 0.000000106. The summed E-state index contributed by atoms with van der Waals surface area (Å²) < 4.78 is 7.68. The molecule has 0 saturated heterocycles. The molecular formula is C103H61N11S3. The van der Waals surface area contributed by atoms with Gasteiger partial charge < -0.3 is 0 Å². The van der Waals surface area contributed by atoms with Crippen LogP contribution >= 0.6 is 34.0 Å². The van der Waals surface area contributed by atoms with E-state index in [0.717, 1.165) is 122 Å². The molecule has 13 aromatic carbocycles. The molecular weight excluding hydrogens is 1490 g/mol. The van der Waals surface area contributed by atoms with Gasteiger partial charge in [-0.3, -0.25) is 9.97 Å². The van der Waals surface area contributed by atoms with Gasteiger partial charge in [0.15, 0.2) is 23.3 Å². The van der Waals surface area contributed by atoms with Gasteiger partial charge >= 0.3 is 0 Å². The molecule has 11 nitrogen and oxygen atoms in total. The van der Waals surface area contributed by atoms with Crippen LogP contribution in [0.5, 0.6) is 0 Å². The largest absolute Gasteiger partial charge is 0.264 e. The smallest absolute Gasteiger partial charge is 0.183 e. The van der Waals surface area contributed by atoms with Crippen LogP contribution in [0.1, 0.15) is 0 Å². The van der Waals surface area contributed by atoms with Crippen molar-refractivity contribution in [3.05, 3.63) is 371 Å². The van der Waals surface area contributed by atoms with E-state index in [2.05, 4.69) is 259 Å². The Morgan fingerprint density at radius 2 is 0.487 bits per heavy atom. The Hall–Kier alpha value is -14.9. The SMILES string of the molecule is c1ccc(-c2cc(-c3ccccc3)nc(-c3nc4ccc5sc6ccccc6c5c4c4ccccc34)c2)cc1.c1ccc(-c2nc(-c3ccccc3)nc(-c3nc4ccc5sc6ccccc6c5c4c4ccccc34)n2)cc1.c1cncc(-c2cc(-c3cccnc3)nc(-c3nc4ccc5sc6ccccc6c5c4c4ccccc34)n2)c1. The van der Waals surface area contributed by atoms with E-state index < -0.39 is 0 Å². The summed E-state index contributed by atoms with van der Waals surface area (Å²) in [7, 11) is 0. The van der Waals surface area contributed by atoms with Crippen molar-refractivity contribution in [2.75, 3.05) is 0 Å². The molecule has 0 aliphatic heterocycles. The second kappa shape index (κ2) is 29.2. The van der Waals surface area contributed by atoms with Crippen LogP contribution in [0.2, 0.25) is 0 Å². The van der Waals surface area contributed by atoms with Crippen molar-refractivity contribution < 1.29 is 0 Å². The summed E-state index contributed by atoms with van der Waals surface area (Å²) in [6.45, 7) is 0. The zero-order valence-electron chi connectivity index (χ0n) is 62.4. The summed E-state index contributed by atoms with van der Waals surface area (Å²) in [5.41, 5.74) is 15.8. The van der Waals surface area contributed by atoms with Gasteiger partial charge in [-0.05, 0) is 124 Å². The molecule has 14 heteroatoms. The Bertz CT molecular complexity index is 7080. The zero-order valence-corrected chi connectivity index (χ0v) is 64.8. The molecule has 0 radical (unpaired) electrons. The third-order valence-corrected chi connectivity index (χ3v) is 25.0. The second-order valence-electron chi connectivity index (χ2n) is 28.7. The number of pyridine rings is 6. The molecule has 117 heavy (non-hydrogen) atoms. The quantitative estimate of drug-likeness (QED) is 0.127. The standard InChI is InChI=1S/C36H22N2S.C34H20N4S.C33H19N5S/c1-3-11-23(12-4-1)25-21-30(24-13-5-2-6-14-24)37-31(22-25)36-27-16-8-7-15-26(27)34-29(38-36)19-20-33-35(34)28-17-9-10-18-32(28)39-33;1-3-11-21(12-4-1)32-36-33(22-13-5-2-6-14-22)38-34(37-32)31-24-16-8-7-15-23(24)29-26(35-31)19-20-28-30(29)25-17-9-10-18-27(25)39-28;1-2-10-23-22(9-1)30-25(13-14-29-31(30)24-11-3-4-12-28(24)39-29)36-32(23)33-37-26(20-7-5-15-34-18-20)17-27(38-33)21-8-6-16-35-19-21/h1-22H;1-20H;1-19H. The number of hydrogen-bond acceptors (Lipinski definition) is 14.